The Balaban J connectivity index is 5.69. The van der Waals surface area contributed by atoms with E-state index in [9.17, 15) is 19.2 Å². The van der Waals surface area contributed by atoms with Crippen molar-refractivity contribution >= 4 is 19.7 Å². The summed E-state index contributed by atoms with van der Waals surface area (Å²) < 4.78 is 20.6. The average Bonchev–Trinajstić information content (AvgIpc) is 2.64. The molecule has 0 N–H and O–H groups in total. The van der Waals surface area contributed by atoms with Gasteiger partial charge in [-0.3, -0.25) is 0 Å². The molecule has 0 aromatic rings. The molecule has 0 atom stereocenters. The Labute approximate surface area is 178 Å². The van der Waals surface area contributed by atoms with Gasteiger partial charge in [0.15, 0.2) is 0 Å². The van der Waals surface area contributed by atoms with Gasteiger partial charge in [0.25, 0.3) is 0 Å². The van der Waals surface area contributed by atoms with Crippen molar-refractivity contribution in [3.05, 3.63) is 0 Å². The Morgan fingerprint density at radius 1 is 0.690 bits per heavy atom. The Kier molecular flexibility index (Phi) is 14.7. The van der Waals surface area contributed by atoms with Crippen molar-refractivity contribution in [1.29, 1.82) is 0 Å². The zero-order valence-corrected chi connectivity index (χ0v) is 20.1. The fourth-order valence-electron chi connectivity index (χ4n) is 2.21. The minimum atomic E-state index is -4.82. The second-order valence-corrected chi connectivity index (χ2v) is 12.1. The molecule has 0 bridgehead atoms. The predicted octanol–water partition coefficient (Wildman–Crippen LogP) is 2.36. The summed E-state index contributed by atoms with van der Waals surface area (Å²) in [5.74, 6) is -0.800. The van der Waals surface area contributed by atoms with E-state index < -0.39 is 49.9 Å². The number of hydrogen-bond acceptors (Lipinski definition) is 8. The van der Waals surface area contributed by atoms with Crippen LogP contribution in [-0.4, -0.2) is 59.4 Å². The van der Waals surface area contributed by atoms with E-state index >= 15 is 0 Å². The zero-order chi connectivity index (χ0) is 22.4. The molecule has 0 saturated carbocycles. The molecule has 0 spiro atoms. The van der Waals surface area contributed by atoms with Gasteiger partial charge in [-0.2, -0.15) is 0 Å². The third kappa shape index (κ3) is 11.3. The molecule has 0 aliphatic heterocycles. The van der Waals surface area contributed by atoms with Gasteiger partial charge in [-0.15, -0.1) is 0 Å². The molecule has 0 radical (unpaired) electrons. The molecular formula is C20H36O8Ti. The molecule has 0 unspecified atom stereocenters. The van der Waals surface area contributed by atoms with Crippen molar-refractivity contribution in [1.82, 2.24) is 0 Å². The molecule has 0 aliphatic rings. The third-order valence-electron chi connectivity index (χ3n) is 3.62. The monoisotopic (exact) mass is 452 g/mol. The summed E-state index contributed by atoms with van der Waals surface area (Å²) >= 11 is -4.82. The minimum absolute atomic E-state index is 0.0431. The van der Waals surface area contributed by atoms with E-state index in [4.69, 9.17) is 16.1 Å². The van der Waals surface area contributed by atoms with Crippen LogP contribution in [0.5, 0.6) is 0 Å². The van der Waals surface area contributed by atoms with Gasteiger partial charge in [0, 0.05) is 0 Å². The van der Waals surface area contributed by atoms with Crippen LogP contribution in [0.15, 0.2) is 0 Å². The fourth-order valence-corrected chi connectivity index (χ4v) is 6.95. The van der Waals surface area contributed by atoms with Crippen molar-refractivity contribution in [3.63, 3.8) is 0 Å². The van der Waals surface area contributed by atoms with Crippen LogP contribution in [0.1, 0.15) is 54.4 Å². The SMILES string of the molecule is CCOCC(=O)C[C](=O)[Ti]([O]CC(C)C)([O]CC(C)C)[C](=O)CC(=O)COCC. The molecule has 0 aliphatic carbocycles. The summed E-state index contributed by atoms with van der Waals surface area (Å²) in [6, 6.07) is 0. The molecular weight excluding hydrogens is 416 g/mol. The van der Waals surface area contributed by atoms with E-state index in [0.717, 1.165) is 0 Å². The maximum absolute atomic E-state index is 13.1. The molecule has 0 rings (SSSR count). The molecule has 9 heteroatoms. The summed E-state index contributed by atoms with van der Waals surface area (Å²) in [7, 11) is 0. The number of carbonyl (C=O) groups is 4. The Hall–Kier alpha value is -0.766. The molecule has 0 heterocycles. The maximum atomic E-state index is 13.1. The summed E-state index contributed by atoms with van der Waals surface area (Å²) in [6.07, 6.45) is -0.997. The number of hydrogen-bond donors (Lipinski definition) is 0. The number of ketones is 2. The van der Waals surface area contributed by atoms with Crippen LogP contribution in [-0.2, 0) is 52.7 Å². The number of ether oxygens (including phenoxy) is 2. The second kappa shape index (κ2) is 15.1. The van der Waals surface area contributed by atoms with E-state index in [1.165, 1.54) is 0 Å². The van der Waals surface area contributed by atoms with Gasteiger partial charge in [-0.05, 0) is 0 Å². The molecule has 0 amide bonds. The van der Waals surface area contributed by atoms with Gasteiger partial charge >= 0.3 is 178 Å². The van der Waals surface area contributed by atoms with Crippen LogP contribution in [0.25, 0.3) is 0 Å². The first-order valence-electron chi connectivity index (χ1n) is 10.1. The van der Waals surface area contributed by atoms with Gasteiger partial charge in [-0.1, -0.05) is 0 Å². The van der Waals surface area contributed by atoms with E-state index in [2.05, 4.69) is 0 Å². The van der Waals surface area contributed by atoms with Gasteiger partial charge < -0.3 is 0 Å². The average molecular weight is 452 g/mol. The van der Waals surface area contributed by atoms with Gasteiger partial charge in [0.2, 0.25) is 0 Å². The van der Waals surface area contributed by atoms with Crippen molar-refractivity contribution in [3.8, 4) is 0 Å². The van der Waals surface area contributed by atoms with Crippen molar-refractivity contribution < 1.29 is 52.7 Å². The molecule has 0 fully saturated rings. The van der Waals surface area contributed by atoms with Gasteiger partial charge in [-0.25, -0.2) is 0 Å². The van der Waals surface area contributed by atoms with E-state index in [1.54, 1.807) is 13.8 Å². The Morgan fingerprint density at radius 3 is 1.31 bits per heavy atom. The van der Waals surface area contributed by atoms with Crippen LogP contribution in [0.3, 0.4) is 0 Å². The molecule has 29 heavy (non-hydrogen) atoms. The third-order valence-corrected chi connectivity index (χ3v) is 8.26. The number of carbonyl (C=O) groups excluding carboxylic acids is 4. The first-order chi connectivity index (χ1) is 13.6. The van der Waals surface area contributed by atoms with Crippen LogP contribution in [0.2, 0.25) is 0 Å². The van der Waals surface area contributed by atoms with Crippen molar-refractivity contribution in [2.45, 2.75) is 54.4 Å². The van der Waals surface area contributed by atoms with Gasteiger partial charge in [0.05, 0.1) is 0 Å². The number of Topliss-reactive ketones (excluding diaryl/α,β-unsaturated/α-hetero) is 2. The Bertz CT molecular complexity index is 497. The molecule has 168 valence electrons. The van der Waals surface area contributed by atoms with E-state index in [-0.39, 0.29) is 38.3 Å². The molecule has 8 nitrogen and oxygen atoms in total. The predicted molar refractivity (Wildman–Crippen MR) is 104 cm³/mol. The van der Waals surface area contributed by atoms with Crippen LogP contribution in [0, 0.1) is 11.8 Å². The summed E-state index contributed by atoms with van der Waals surface area (Å²) in [4.78, 5) is 50.4. The standard InChI is InChI=1S/2C6H9O3.2C4H9O.Ti/c2*1-2-9-5-6(8)3-4-7;2*1-4(2)3-5;/h2*2-3,5H2,1H3;2*4H,3H2,1-2H3;/q;;2*-1;+2. The molecule has 0 aromatic carbocycles. The first-order valence-corrected chi connectivity index (χ1v) is 13.0. The van der Waals surface area contributed by atoms with Crippen molar-refractivity contribution in [2.75, 3.05) is 39.6 Å². The van der Waals surface area contributed by atoms with E-state index in [1.807, 2.05) is 27.7 Å². The Morgan fingerprint density at radius 2 is 1.03 bits per heavy atom. The second-order valence-electron chi connectivity index (χ2n) is 7.58. The fraction of sp³-hybridized carbons (Fsp3) is 0.800. The van der Waals surface area contributed by atoms with Gasteiger partial charge in [0.1, 0.15) is 0 Å². The zero-order valence-electron chi connectivity index (χ0n) is 18.6. The van der Waals surface area contributed by atoms with Crippen LogP contribution < -0.4 is 0 Å². The summed E-state index contributed by atoms with van der Waals surface area (Å²) in [6.45, 7) is 11.5. The summed E-state index contributed by atoms with van der Waals surface area (Å²) in [5.41, 5.74) is 0. The summed E-state index contributed by atoms with van der Waals surface area (Å²) in [5, 5.41) is 0. The van der Waals surface area contributed by atoms with Crippen LogP contribution in [0.4, 0.5) is 0 Å². The van der Waals surface area contributed by atoms with Crippen LogP contribution >= 0.6 is 0 Å². The van der Waals surface area contributed by atoms with E-state index in [0.29, 0.717) is 13.2 Å². The quantitative estimate of drug-likeness (QED) is 0.231. The molecule has 0 aromatic heterocycles. The number of rotatable bonds is 18. The topological polar surface area (TPSA) is 105 Å². The van der Waals surface area contributed by atoms with Crippen molar-refractivity contribution in [2.24, 2.45) is 11.8 Å². The normalized spacial score (nSPS) is 11.9. The first kappa shape index (κ1) is 28.2. The molecule has 0 saturated heterocycles.